The van der Waals surface area contributed by atoms with E-state index in [9.17, 15) is 9.59 Å². The van der Waals surface area contributed by atoms with Crippen LogP contribution in [0.2, 0.25) is 0 Å². The van der Waals surface area contributed by atoms with Crippen molar-refractivity contribution in [2.45, 2.75) is 12.8 Å². The van der Waals surface area contributed by atoms with Crippen molar-refractivity contribution in [3.63, 3.8) is 0 Å². The van der Waals surface area contributed by atoms with E-state index in [0.29, 0.717) is 30.6 Å². The maximum atomic E-state index is 12.7. The molecule has 6 nitrogen and oxygen atoms in total. The first-order valence-electron chi connectivity index (χ1n) is 7.27. The summed E-state index contributed by atoms with van der Waals surface area (Å²) in [4.78, 5) is 25.4. The molecule has 1 unspecified atom stereocenters. The molecule has 1 aliphatic heterocycles. The second kappa shape index (κ2) is 6.01. The lowest BCUT2D eigenvalue weighted by Gasteiger charge is -2.30. The third-order valence-electron chi connectivity index (χ3n) is 3.99. The van der Waals surface area contributed by atoms with Crippen LogP contribution >= 0.6 is 0 Å². The zero-order chi connectivity index (χ0) is 15.5. The number of piperidine rings is 1. The highest BCUT2D eigenvalue weighted by atomic mass is 16.4. The molecule has 0 aliphatic carbocycles. The van der Waals surface area contributed by atoms with Gasteiger partial charge in [0.1, 0.15) is 0 Å². The average molecular weight is 299 g/mol. The molecule has 0 spiro atoms. The Morgan fingerprint density at radius 1 is 1.27 bits per heavy atom. The molecule has 3 rings (SSSR count). The summed E-state index contributed by atoms with van der Waals surface area (Å²) < 4.78 is 0. The Kier molecular flexibility index (Phi) is 3.91. The van der Waals surface area contributed by atoms with Crippen molar-refractivity contribution in [1.29, 1.82) is 0 Å². The van der Waals surface area contributed by atoms with Gasteiger partial charge in [0.15, 0.2) is 0 Å². The van der Waals surface area contributed by atoms with Gasteiger partial charge in [-0.25, -0.2) is 0 Å². The van der Waals surface area contributed by atoms with E-state index in [1.807, 2.05) is 30.3 Å². The molecule has 1 atom stereocenters. The Morgan fingerprint density at radius 2 is 2.05 bits per heavy atom. The van der Waals surface area contributed by atoms with Crippen LogP contribution in [0.25, 0.3) is 11.3 Å². The summed E-state index contributed by atoms with van der Waals surface area (Å²) in [7, 11) is 0. The maximum absolute atomic E-state index is 12.7. The largest absolute Gasteiger partial charge is 0.481 e. The molecule has 2 heterocycles. The molecule has 1 fully saturated rings. The third-order valence-corrected chi connectivity index (χ3v) is 3.99. The zero-order valence-electron chi connectivity index (χ0n) is 12.0. The van der Waals surface area contributed by atoms with E-state index in [1.54, 1.807) is 4.90 Å². The Labute approximate surface area is 127 Å². The Morgan fingerprint density at radius 3 is 2.77 bits per heavy atom. The first-order chi connectivity index (χ1) is 10.7. The molecule has 1 aliphatic rings. The fraction of sp³-hybridized carbons (Fsp3) is 0.312. The average Bonchev–Trinajstić information content (AvgIpc) is 3.04. The molecule has 0 bridgehead atoms. The van der Waals surface area contributed by atoms with Crippen LogP contribution in [0.3, 0.4) is 0 Å². The van der Waals surface area contributed by atoms with Gasteiger partial charge in [0.05, 0.1) is 23.4 Å². The molecule has 114 valence electrons. The van der Waals surface area contributed by atoms with Gasteiger partial charge in [-0.3, -0.25) is 14.7 Å². The summed E-state index contributed by atoms with van der Waals surface area (Å²) >= 11 is 0. The van der Waals surface area contributed by atoms with Crippen LogP contribution in [0, 0.1) is 5.92 Å². The minimum absolute atomic E-state index is 0.168. The molecule has 2 N–H and O–H groups in total. The van der Waals surface area contributed by atoms with E-state index < -0.39 is 11.9 Å². The van der Waals surface area contributed by atoms with Crippen LogP contribution in [0.4, 0.5) is 0 Å². The number of nitrogens with one attached hydrogen (secondary N) is 1. The lowest BCUT2D eigenvalue weighted by atomic mass is 9.97. The van der Waals surface area contributed by atoms with Crippen molar-refractivity contribution >= 4 is 11.9 Å². The summed E-state index contributed by atoms with van der Waals surface area (Å²) in [6, 6.07) is 9.50. The maximum Gasteiger partial charge on any atom is 0.308 e. The Bertz CT molecular complexity index is 681. The van der Waals surface area contributed by atoms with Crippen molar-refractivity contribution in [2.24, 2.45) is 5.92 Å². The molecular weight excluding hydrogens is 282 g/mol. The molecule has 22 heavy (non-hydrogen) atoms. The van der Waals surface area contributed by atoms with E-state index in [-0.39, 0.29) is 12.5 Å². The molecular formula is C16H17N3O3. The molecule has 0 saturated carbocycles. The highest BCUT2D eigenvalue weighted by Crippen LogP contribution is 2.24. The van der Waals surface area contributed by atoms with Gasteiger partial charge in [-0.05, 0) is 12.8 Å². The molecule has 6 heteroatoms. The quantitative estimate of drug-likeness (QED) is 0.907. The smallest absolute Gasteiger partial charge is 0.308 e. The fourth-order valence-electron chi connectivity index (χ4n) is 2.81. The number of carbonyl (C=O) groups is 2. The van der Waals surface area contributed by atoms with Crippen LogP contribution in [-0.4, -0.2) is 45.2 Å². The van der Waals surface area contributed by atoms with Crippen LogP contribution in [0.15, 0.2) is 36.5 Å². The van der Waals surface area contributed by atoms with Gasteiger partial charge in [-0.15, -0.1) is 0 Å². The summed E-state index contributed by atoms with van der Waals surface area (Å²) in [5.41, 5.74) is 2.04. The molecule has 1 aromatic carbocycles. The van der Waals surface area contributed by atoms with Crippen LogP contribution < -0.4 is 0 Å². The minimum atomic E-state index is -0.840. The molecule has 1 saturated heterocycles. The van der Waals surface area contributed by atoms with Gasteiger partial charge in [0, 0.05) is 18.7 Å². The highest BCUT2D eigenvalue weighted by Gasteiger charge is 2.30. The lowest BCUT2D eigenvalue weighted by molar-refractivity contribution is -0.143. The second-order valence-corrected chi connectivity index (χ2v) is 5.45. The monoisotopic (exact) mass is 299 g/mol. The number of H-pyrrole nitrogens is 1. The van der Waals surface area contributed by atoms with Gasteiger partial charge in [0.2, 0.25) is 0 Å². The predicted octanol–water partition coefficient (Wildman–Crippen LogP) is 2.01. The lowest BCUT2D eigenvalue weighted by Crippen LogP contribution is -2.42. The van der Waals surface area contributed by atoms with E-state index in [2.05, 4.69) is 10.2 Å². The van der Waals surface area contributed by atoms with E-state index >= 15 is 0 Å². The molecule has 1 aromatic heterocycles. The Balaban J connectivity index is 1.84. The SMILES string of the molecule is O=C(O)C1CCCN(C(=O)c2cn[nH]c2-c2ccccc2)C1. The number of nitrogens with zero attached hydrogens (tertiary/aromatic N) is 2. The van der Waals surface area contributed by atoms with Crippen LogP contribution in [-0.2, 0) is 4.79 Å². The molecule has 0 radical (unpaired) electrons. The van der Waals surface area contributed by atoms with Gasteiger partial charge >= 0.3 is 5.97 Å². The van der Waals surface area contributed by atoms with E-state index in [4.69, 9.17) is 5.11 Å². The number of amides is 1. The van der Waals surface area contributed by atoms with E-state index in [1.165, 1.54) is 6.20 Å². The van der Waals surface area contributed by atoms with Crippen LogP contribution in [0.1, 0.15) is 23.2 Å². The molecule has 2 aromatic rings. The first-order valence-corrected chi connectivity index (χ1v) is 7.27. The number of benzene rings is 1. The predicted molar refractivity (Wildman–Crippen MR) is 80.3 cm³/mol. The second-order valence-electron chi connectivity index (χ2n) is 5.45. The number of hydrogen-bond donors (Lipinski definition) is 2. The Hall–Kier alpha value is -2.63. The van der Waals surface area contributed by atoms with Gasteiger partial charge in [-0.2, -0.15) is 5.10 Å². The number of carboxylic acids is 1. The number of rotatable bonds is 3. The van der Waals surface area contributed by atoms with Crippen LogP contribution in [0.5, 0.6) is 0 Å². The van der Waals surface area contributed by atoms with Gasteiger partial charge in [-0.1, -0.05) is 30.3 Å². The minimum Gasteiger partial charge on any atom is -0.481 e. The van der Waals surface area contributed by atoms with Gasteiger partial charge in [0.25, 0.3) is 5.91 Å². The topological polar surface area (TPSA) is 86.3 Å². The summed E-state index contributed by atoms with van der Waals surface area (Å²) in [5.74, 6) is -1.49. The summed E-state index contributed by atoms with van der Waals surface area (Å²) in [6.07, 6.45) is 2.84. The number of hydrogen-bond acceptors (Lipinski definition) is 3. The number of carboxylic acid groups (broad SMARTS) is 1. The van der Waals surface area contributed by atoms with E-state index in [0.717, 1.165) is 5.56 Å². The fourth-order valence-corrected chi connectivity index (χ4v) is 2.81. The normalized spacial score (nSPS) is 18.2. The number of aliphatic carboxylic acids is 1. The van der Waals surface area contributed by atoms with Crippen molar-refractivity contribution in [3.8, 4) is 11.3 Å². The number of aromatic nitrogens is 2. The zero-order valence-corrected chi connectivity index (χ0v) is 12.0. The highest BCUT2D eigenvalue weighted by molar-refractivity contribution is 6.00. The van der Waals surface area contributed by atoms with Crippen molar-refractivity contribution < 1.29 is 14.7 Å². The third kappa shape index (κ3) is 2.72. The molecule has 1 amide bonds. The standard InChI is InChI=1S/C16H17N3O3/c20-15(19-8-4-7-12(10-19)16(21)22)13-9-17-18-14(13)11-5-2-1-3-6-11/h1-3,5-6,9,12H,4,7-8,10H2,(H,17,18)(H,21,22). The number of aromatic amines is 1. The summed E-state index contributed by atoms with van der Waals surface area (Å²) in [5, 5.41) is 16.0. The first kappa shape index (κ1) is 14.3. The van der Waals surface area contributed by atoms with Crippen molar-refractivity contribution in [2.75, 3.05) is 13.1 Å². The number of likely N-dealkylation sites (tertiary alicyclic amines) is 1. The number of carbonyl (C=O) groups excluding carboxylic acids is 1. The van der Waals surface area contributed by atoms with Crippen molar-refractivity contribution in [3.05, 3.63) is 42.1 Å². The van der Waals surface area contributed by atoms with Gasteiger partial charge < -0.3 is 10.0 Å². The summed E-state index contributed by atoms with van der Waals surface area (Å²) in [6.45, 7) is 0.843. The van der Waals surface area contributed by atoms with Crippen molar-refractivity contribution in [1.82, 2.24) is 15.1 Å².